The van der Waals surface area contributed by atoms with Crippen LogP contribution >= 0.6 is 11.6 Å². The molecule has 1 saturated heterocycles. The number of anilines is 1. The molecule has 2 fully saturated rings. The predicted octanol–water partition coefficient (Wildman–Crippen LogP) is 3.27. The van der Waals surface area contributed by atoms with Crippen LogP contribution in [-0.2, 0) is 0 Å². The number of ether oxygens (including phenoxy) is 1. The second kappa shape index (κ2) is 7.62. The lowest BCUT2D eigenvalue weighted by Crippen LogP contribution is -2.38. The minimum absolute atomic E-state index is 0.311. The van der Waals surface area contributed by atoms with Crippen LogP contribution in [0.15, 0.2) is 12.1 Å². The smallest absolute Gasteiger partial charge is 0.252 e. The van der Waals surface area contributed by atoms with Gasteiger partial charge in [0.2, 0.25) is 0 Å². The van der Waals surface area contributed by atoms with Crippen molar-refractivity contribution in [3.8, 4) is 5.75 Å². The van der Waals surface area contributed by atoms with E-state index < -0.39 is 5.91 Å². The maximum Gasteiger partial charge on any atom is 0.252 e. The SMILES string of the molecule is COc1cc(N[C@H]2CC[C@H](N3CCCC3)CC2)c(Cl)cc1C(N)=O. The summed E-state index contributed by atoms with van der Waals surface area (Å²) in [6.45, 7) is 2.53. The summed E-state index contributed by atoms with van der Waals surface area (Å²) < 4.78 is 5.27. The number of rotatable bonds is 5. The second-order valence-electron chi connectivity index (χ2n) is 6.79. The fourth-order valence-electron chi connectivity index (χ4n) is 3.94. The maximum atomic E-state index is 11.5. The molecule has 1 amide bonds. The normalized spacial score (nSPS) is 24.8. The highest BCUT2D eigenvalue weighted by Crippen LogP contribution is 2.34. The summed E-state index contributed by atoms with van der Waals surface area (Å²) >= 11 is 6.32. The minimum atomic E-state index is -0.536. The highest BCUT2D eigenvalue weighted by molar-refractivity contribution is 6.33. The zero-order chi connectivity index (χ0) is 17.1. The van der Waals surface area contributed by atoms with Crippen molar-refractivity contribution in [2.45, 2.75) is 50.6 Å². The summed E-state index contributed by atoms with van der Waals surface area (Å²) in [6.07, 6.45) is 7.42. The van der Waals surface area contributed by atoms with Crippen LogP contribution in [0.25, 0.3) is 0 Å². The number of hydrogen-bond donors (Lipinski definition) is 2. The van der Waals surface area contributed by atoms with E-state index in [9.17, 15) is 4.79 Å². The molecule has 3 N–H and O–H groups in total. The number of nitrogens with zero attached hydrogens (tertiary/aromatic N) is 1. The standard InChI is InChI=1S/C18H26ClN3O2/c1-24-17-11-16(15(19)10-14(17)18(20)23)21-12-4-6-13(7-5-12)22-8-2-3-9-22/h10-13,21H,2-9H2,1H3,(H2,20,23)/t12-,13-. The average Bonchev–Trinajstić information content (AvgIpc) is 3.11. The molecule has 0 atom stereocenters. The molecule has 132 valence electrons. The van der Waals surface area contributed by atoms with Gasteiger partial charge in [-0.2, -0.15) is 0 Å². The molecule has 1 aromatic carbocycles. The summed E-state index contributed by atoms with van der Waals surface area (Å²) in [4.78, 5) is 14.1. The Kier molecular flexibility index (Phi) is 5.51. The molecular weight excluding hydrogens is 326 g/mol. The number of amides is 1. The monoisotopic (exact) mass is 351 g/mol. The molecule has 1 saturated carbocycles. The quantitative estimate of drug-likeness (QED) is 0.854. The summed E-state index contributed by atoms with van der Waals surface area (Å²) in [5.74, 6) is -0.0772. The van der Waals surface area contributed by atoms with Crippen LogP contribution in [-0.4, -0.2) is 43.1 Å². The van der Waals surface area contributed by atoms with E-state index in [0.29, 0.717) is 22.4 Å². The van der Waals surface area contributed by atoms with Gasteiger partial charge in [-0.15, -0.1) is 0 Å². The third-order valence-corrected chi connectivity index (χ3v) is 5.58. The molecule has 1 aliphatic carbocycles. The topological polar surface area (TPSA) is 67.6 Å². The van der Waals surface area contributed by atoms with Gasteiger partial charge in [0.1, 0.15) is 5.75 Å². The molecule has 0 spiro atoms. The first-order valence-corrected chi connectivity index (χ1v) is 9.14. The molecule has 24 heavy (non-hydrogen) atoms. The lowest BCUT2D eigenvalue weighted by molar-refractivity contribution is 0.0997. The first-order chi connectivity index (χ1) is 11.6. The predicted molar refractivity (Wildman–Crippen MR) is 97.0 cm³/mol. The molecule has 0 unspecified atom stereocenters. The Labute approximate surface area is 148 Å². The van der Waals surface area contributed by atoms with Gasteiger partial charge in [-0.25, -0.2) is 0 Å². The first-order valence-electron chi connectivity index (χ1n) is 8.76. The third kappa shape index (κ3) is 3.78. The van der Waals surface area contributed by atoms with Crippen molar-refractivity contribution in [2.75, 3.05) is 25.5 Å². The largest absolute Gasteiger partial charge is 0.496 e. The molecule has 1 aromatic rings. The highest BCUT2D eigenvalue weighted by atomic mass is 35.5. The van der Waals surface area contributed by atoms with Crippen LogP contribution in [0.3, 0.4) is 0 Å². The van der Waals surface area contributed by atoms with E-state index >= 15 is 0 Å². The second-order valence-corrected chi connectivity index (χ2v) is 7.20. The number of methoxy groups -OCH3 is 1. The van der Waals surface area contributed by atoms with Gasteiger partial charge in [-0.05, 0) is 57.7 Å². The van der Waals surface area contributed by atoms with Crippen LogP contribution in [0.2, 0.25) is 5.02 Å². The average molecular weight is 352 g/mol. The summed E-state index contributed by atoms with van der Waals surface area (Å²) in [5, 5.41) is 4.02. The van der Waals surface area contributed by atoms with Gasteiger partial charge in [0.05, 0.1) is 23.4 Å². The zero-order valence-corrected chi connectivity index (χ0v) is 14.9. The van der Waals surface area contributed by atoms with Crippen LogP contribution < -0.4 is 15.8 Å². The van der Waals surface area contributed by atoms with Crippen molar-refractivity contribution >= 4 is 23.2 Å². The Balaban J connectivity index is 1.63. The van der Waals surface area contributed by atoms with Gasteiger partial charge in [0.15, 0.2) is 0 Å². The van der Waals surface area contributed by atoms with Crippen molar-refractivity contribution in [1.82, 2.24) is 4.90 Å². The molecule has 2 aliphatic rings. The summed E-state index contributed by atoms with van der Waals surface area (Å²) in [7, 11) is 1.53. The van der Waals surface area contributed by atoms with Gasteiger partial charge >= 0.3 is 0 Å². The molecular formula is C18H26ClN3O2. The summed E-state index contributed by atoms with van der Waals surface area (Å²) in [5.41, 5.74) is 6.49. The molecule has 0 radical (unpaired) electrons. The first kappa shape index (κ1) is 17.4. The molecule has 6 heteroatoms. The fourth-order valence-corrected chi connectivity index (χ4v) is 4.16. The Morgan fingerprint density at radius 3 is 2.50 bits per heavy atom. The van der Waals surface area contributed by atoms with E-state index in [1.54, 1.807) is 12.1 Å². The lowest BCUT2D eigenvalue weighted by Gasteiger charge is -2.35. The van der Waals surface area contributed by atoms with Gasteiger partial charge in [0, 0.05) is 18.2 Å². The van der Waals surface area contributed by atoms with Crippen molar-refractivity contribution in [3.05, 3.63) is 22.7 Å². The Morgan fingerprint density at radius 1 is 1.25 bits per heavy atom. The van der Waals surface area contributed by atoms with Gasteiger partial charge in [-0.3, -0.25) is 4.79 Å². The van der Waals surface area contributed by atoms with E-state index in [2.05, 4.69) is 10.2 Å². The van der Waals surface area contributed by atoms with E-state index in [1.807, 2.05) is 0 Å². The number of hydrogen-bond acceptors (Lipinski definition) is 4. The van der Waals surface area contributed by atoms with Crippen LogP contribution in [0, 0.1) is 0 Å². The lowest BCUT2D eigenvalue weighted by atomic mass is 9.90. The Hall–Kier alpha value is -1.46. The van der Waals surface area contributed by atoms with Gasteiger partial charge < -0.3 is 20.7 Å². The Bertz CT molecular complexity index is 594. The van der Waals surface area contributed by atoms with Crippen molar-refractivity contribution in [3.63, 3.8) is 0 Å². The van der Waals surface area contributed by atoms with Crippen molar-refractivity contribution in [2.24, 2.45) is 5.73 Å². The number of carbonyl (C=O) groups is 1. The molecule has 3 rings (SSSR count). The van der Waals surface area contributed by atoms with Gasteiger partial charge in [0.25, 0.3) is 5.91 Å². The number of likely N-dealkylation sites (tertiary alicyclic amines) is 1. The van der Waals surface area contributed by atoms with E-state index in [4.69, 9.17) is 22.1 Å². The number of nitrogens with one attached hydrogen (secondary N) is 1. The van der Waals surface area contributed by atoms with E-state index in [0.717, 1.165) is 24.6 Å². The number of nitrogens with two attached hydrogens (primary N) is 1. The summed E-state index contributed by atoms with van der Waals surface area (Å²) in [6, 6.07) is 4.51. The Morgan fingerprint density at radius 2 is 1.92 bits per heavy atom. The van der Waals surface area contributed by atoms with Gasteiger partial charge in [-0.1, -0.05) is 11.6 Å². The molecule has 1 heterocycles. The number of primary amides is 1. The molecule has 1 aliphatic heterocycles. The minimum Gasteiger partial charge on any atom is -0.496 e. The molecule has 0 aromatic heterocycles. The van der Waals surface area contributed by atoms with Crippen molar-refractivity contribution in [1.29, 1.82) is 0 Å². The number of halogens is 1. The zero-order valence-electron chi connectivity index (χ0n) is 14.2. The number of benzene rings is 1. The highest BCUT2D eigenvalue weighted by Gasteiger charge is 2.27. The van der Waals surface area contributed by atoms with Crippen LogP contribution in [0.1, 0.15) is 48.9 Å². The molecule has 0 bridgehead atoms. The van der Waals surface area contributed by atoms with E-state index in [-0.39, 0.29) is 0 Å². The van der Waals surface area contributed by atoms with E-state index in [1.165, 1.54) is 45.9 Å². The van der Waals surface area contributed by atoms with Crippen molar-refractivity contribution < 1.29 is 9.53 Å². The fraction of sp³-hybridized carbons (Fsp3) is 0.611. The molecule has 5 nitrogen and oxygen atoms in total. The van der Waals surface area contributed by atoms with Crippen LogP contribution in [0.5, 0.6) is 5.75 Å². The number of carbonyl (C=O) groups excluding carboxylic acids is 1. The van der Waals surface area contributed by atoms with Crippen LogP contribution in [0.4, 0.5) is 5.69 Å². The third-order valence-electron chi connectivity index (χ3n) is 5.27. The maximum absolute atomic E-state index is 11.5.